The quantitative estimate of drug-likeness (QED) is 0.787. The molecule has 0 radical (unpaired) electrons. The van der Waals surface area contributed by atoms with E-state index in [-0.39, 0.29) is 22.7 Å². The number of nitrogens with one attached hydrogen (secondary N) is 2. The van der Waals surface area contributed by atoms with Crippen LogP contribution in [0, 0.1) is 22.7 Å². The SMILES string of the molecule is CC1(C)C(C(=O)NCC2CCCNC2)C1(C)C. The zero-order valence-corrected chi connectivity index (χ0v) is 11.6. The minimum Gasteiger partial charge on any atom is -0.356 e. The van der Waals surface area contributed by atoms with E-state index in [2.05, 4.69) is 38.3 Å². The van der Waals surface area contributed by atoms with E-state index < -0.39 is 0 Å². The minimum atomic E-state index is 0.155. The van der Waals surface area contributed by atoms with Crippen molar-refractivity contribution in [2.75, 3.05) is 19.6 Å². The van der Waals surface area contributed by atoms with E-state index in [0.717, 1.165) is 19.6 Å². The first kappa shape index (κ1) is 12.9. The van der Waals surface area contributed by atoms with Crippen LogP contribution in [0.15, 0.2) is 0 Å². The van der Waals surface area contributed by atoms with Gasteiger partial charge in [0.1, 0.15) is 0 Å². The summed E-state index contributed by atoms with van der Waals surface area (Å²) >= 11 is 0. The second-order valence-electron chi connectivity index (χ2n) is 6.83. The highest BCUT2D eigenvalue weighted by atomic mass is 16.2. The van der Waals surface area contributed by atoms with Crippen molar-refractivity contribution in [1.29, 1.82) is 0 Å². The Kier molecular flexibility index (Phi) is 3.23. The number of carbonyl (C=O) groups is 1. The third kappa shape index (κ3) is 2.22. The fourth-order valence-electron chi connectivity index (χ4n) is 3.30. The third-order valence-corrected chi connectivity index (χ3v) is 5.25. The molecule has 2 N–H and O–H groups in total. The Bertz CT molecular complexity index is 289. The molecule has 1 aliphatic heterocycles. The summed E-state index contributed by atoms with van der Waals surface area (Å²) in [5.74, 6) is 1.06. The molecule has 0 aromatic rings. The average molecular weight is 238 g/mol. The highest BCUT2D eigenvalue weighted by Crippen LogP contribution is 2.68. The van der Waals surface area contributed by atoms with E-state index in [9.17, 15) is 4.79 Å². The van der Waals surface area contributed by atoms with E-state index in [4.69, 9.17) is 0 Å². The molecule has 1 unspecified atom stereocenters. The van der Waals surface area contributed by atoms with Crippen molar-refractivity contribution in [3.8, 4) is 0 Å². The van der Waals surface area contributed by atoms with Crippen LogP contribution >= 0.6 is 0 Å². The maximum atomic E-state index is 12.1. The number of piperidine rings is 1. The van der Waals surface area contributed by atoms with Gasteiger partial charge in [0.2, 0.25) is 5.91 Å². The van der Waals surface area contributed by atoms with Gasteiger partial charge in [0.05, 0.1) is 0 Å². The number of hydrogen-bond donors (Lipinski definition) is 2. The van der Waals surface area contributed by atoms with Gasteiger partial charge in [0, 0.05) is 12.5 Å². The van der Waals surface area contributed by atoms with E-state index in [1.165, 1.54) is 12.8 Å². The molecule has 0 bridgehead atoms. The van der Waals surface area contributed by atoms with Crippen molar-refractivity contribution < 1.29 is 4.79 Å². The summed E-state index contributed by atoms with van der Waals surface area (Å²) in [6.45, 7) is 11.8. The lowest BCUT2D eigenvalue weighted by Crippen LogP contribution is -2.39. The zero-order chi connectivity index (χ0) is 12.7. The monoisotopic (exact) mass is 238 g/mol. The second-order valence-corrected chi connectivity index (χ2v) is 6.83. The fourth-order valence-corrected chi connectivity index (χ4v) is 3.30. The predicted octanol–water partition coefficient (Wildman–Crippen LogP) is 1.78. The fraction of sp³-hybridized carbons (Fsp3) is 0.929. The smallest absolute Gasteiger partial charge is 0.224 e. The van der Waals surface area contributed by atoms with E-state index in [1.807, 2.05) is 0 Å². The number of rotatable bonds is 3. The van der Waals surface area contributed by atoms with Gasteiger partial charge < -0.3 is 10.6 Å². The summed E-state index contributed by atoms with van der Waals surface area (Å²) in [7, 11) is 0. The number of carbonyl (C=O) groups excluding carboxylic acids is 1. The first-order valence-corrected chi connectivity index (χ1v) is 6.86. The van der Waals surface area contributed by atoms with Crippen molar-refractivity contribution in [3.63, 3.8) is 0 Å². The van der Waals surface area contributed by atoms with Crippen molar-refractivity contribution in [3.05, 3.63) is 0 Å². The highest BCUT2D eigenvalue weighted by molar-refractivity contribution is 5.84. The molecule has 3 heteroatoms. The molecule has 2 rings (SSSR count). The lowest BCUT2D eigenvalue weighted by atomic mass is 9.99. The number of amides is 1. The Morgan fingerprint density at radius 2 is 1.94 bits per heavy atom. The topological polar surface area (TPSA) is 41.1 Å². The van der Waals surface area contributed by atoms with Crippen molar-refractivity contribution in [1.82, 2.24) is 10.6 Å². The summed E-state index contributed by atoms with van der Waals surface area (Å²) in [5, 5.41) is 6.53. The Morgan fingerprint density at radius 3 is 2.41 bits per heavy atom. The maximum Gasteiger partial charge on any atom is 0.224 e. The van der Waals surface area contributed by atoms with Crippen LogP contribution in [0.4, 0.5) is 0 Å². The van der Waals surface area contributed by atoms with Gasteiger partial charge in [-0.25, -0.2) is 0 Å². The molecule has 3 nitrogen and oxygen atoms in total. The number of hydrogen-bond acceptors (Lipinski definition) is 2. The molecule has 1 atom stereocenters. The predicted molar refractivity (Wildman–Crippen MR) is 69.7 cm³/mol. The van der Waals surface area contributed by atoms with Crippen LogP contribution in [0.25, 0.3) is 0 Å². The van der Waals surface area contributed by atoms with Gasteiger partial charge in [-0.1, -0.05) is 27.7 Å². The van der Waals surface area contributed by atoms with Crippen molar-refractivity contribution in [2.45, 2.75) is 40.5 Å². The van der Waals surface area contributed by atoms with Gasteiger partial charge in [-0.05, 0) is 42.7 Å². The third-order valence-electron chi connectivity index (χ3n) is 5.25. The first-order chi connectivity index (χ1) is 7.87. The van der Waals surface area contributed by atoms with Crippen LogP contribution in [0.5, 0.6) is 0 Å². The Hall–Kier alpha value is -0.570. The zero-order valence-electron chi connectivity index (χ0n) is 11.6. The van der Waals surface area contributed by atoms with Crippen LogP contribution in [0.2, 0.25) is 0 Å². The molecule has 0 spiro atoms. The summed E-state index contributed by atoms with van der Waals surface area (Å²) in [4.78, 5) is 12.1. The summed E-state index contributed by atoms with van der Waals surface area (Å²) in [6, 6.07) is 0. The maximum absolute atomic E-state index is 12.1. The molecule has 2 fully saturated rings. The molecule has 1 aliphatic carbocycles. The van der Waals surface area contributed by atoms with Gasteiger partial charge >= 0.3 is 0 Å². The summed E-state index contributed by atoms with van der Waals surface area (Å²) < 4.78 is 0. The summed E-state index contributed by atoms with van der Waals surface area (Å²) in [6.07, 6.45) is 2.48. The highest BCUT2D eigenvalue weighted by Gasteiger charge is 2.68. The summed E-state index contributed by atoms with van der Waals surface area (Å²) in [5.41, 5.74) is 0.309. The molecule has 1 saturated carbocycles. The molecule has 2 aliphatic rings. The van der Waals surface area contributed by atoms with Crippen LogP contribution in [0.1, 0.15) is 40.5 Å². The Balaban J connectivity index is 1.79. The molecule has 0 aromatic heterocycles. The minimum absolute atomic E-state index is 0.155. The Labute approximate surface area is 105 Å². The largest absolute Gasteiger partial charge is 0.356 e. The normalized spacial score (nSPS) is 30.9. The molecule has 1 heterocycles. The van der Waals surface area contributed by atoms with Gasteiger partial charge in [-0.2, -0.15) is 0 Å². The molecule has 1 saturated heterocycles. The average Bonchev–Trinajstić information content (AvgIpc) is 2.68. The van der Waals surface area contributed by atoms with Crippen molar-refractivity contribution in [2.24, 2.45) is 22.7 Å². The molecular weight excluding hydrogens is 212 g/mol. The van der Waals surface area contributed by atoms with Crippen LogP contribution in [-0.4, -0.2) is 25.5 Å². The standard InChI is InChI=1S/C14H26N2O/c1-13(2)11(14(13,3)4)12(17)16-9-10-6-5-7-15-8-10/h10-11,15H,5-9H2,1-4H3,(H,16,17). The van der Waals surface area contributed by atoms with Gasteiger partial charge in [-0.3, -0.25) is 4.79 Å². The lowest BCUT2D eigenvalue weighted by molar-refractivity contribution is -0.123. The lowest BCUT2D eigenvalue weighted by Gasteiger charge is -2.23. The van der Waals surface area contributed by atoms with Crippen LogP contribution in [0.3, 0.4) is 0 Å². The second kappa shape index (κ2) is 4.27. The van der Waals surface area contributed by atoms with Gasteiger partial charge in [0.25, 0.3) is 0 Å². The van der Waals surface area contributed by atoms with E-state index >= 15 is 0 Å². The van der Waals surface area contributed by atoms with Gasteiger partial charge in [-0.15, -0.1) is 0 Å². The van der Waals surface area contributed by atoms with Crippen molar-refractivity contribution >= 4 is 5.91 Å². The van der Waals surface area contributed by atoms with Crippen LogP contribution < -0.4 is 10.6 Å². The van der Waals surface area contributed by atoms with E-state index in [0.29, 0.717) is 5.92 Å². The Morgan fingerprint density at radius 1 is 1.29 bits per heavy atom. The first-order valence-electron chi connectivity index (χ1n) is 6.86. The molecule has 1 amide bonds. The molecular formula is C14H26N2O. The van der Waals surface area contributed by atoms with Gasteiger partial charge in [0.15, 0.2) is 0 Å². The van der Waals surface area contributed by atoms with E-state index in [1.54, 1.807) is 0 Å². The molecule has 0 aromatic carbocycles. The van der Waals surface area contributed by atoms with Crippen LogP contribution in [-0.2, 0) is 4.79 Å². The molecule has 17 heavy (non-hydrogen) atoms. The molecule has 98 valence electrons.